The van der Waals surface area contributed by atoms with E-state index in [-0.39, 0.29) is 0 Å². The first-order valence-corrected chi connectivity index (χ1v) is 10.6. The van der Waals surface area contributed by atoms with Crippen molar-refractivity contribution >= 4 is 0 Å². The van der Waals surface area contributed by atoms with Crippen LogP contribution in [0.15, 0.2) is 0 Å². The molecule has 0 heterocycles. The minimum atomic E-state index is 0.948. The first-order chi connectivity index (χ1) is 10.8. The van der Waals surface area contributed by atoms with Gasteiger partial charge in [0.25, 0.3) is 0 Å². The Morgan fingerprint density at radius 3 is 1.18 bits per heavy atom. The predicted molar refractivity (Wildman–Crippen MR) is 103 cm³/mol. The van der Waals surface area contributed by atoms with Gasteiger partial charge in [-0.25, -0.2) is 0 Å². The highest BCUT2D eigenvalue weighted by Crippen LogP contribution is 2.16. The summed E-state index contributed by atoms with van der Waals surface area (Å²) in [6.07, 6.45) is 25.8. The second kappa shape index (κ2) is 19.0. The largest absolute Gasteiger partial charge is 0.0651 e. The van der Waals surface area contributed by atoms with Gasteiger partial charge in [0.2, 0.25) is 0 Å². The van der Waals surface area contributed by atoms with Gasteiger partial charge >= 0.3 is 0 Å². The molecule has 0 amide bonds. The van der Waals surface area contributed by atoms with Crippen molar-refractivity contribution < 1.29 is 0 Å². The highest BCUT2D eigenvalue weighted by Gasteiger charge is 1.98. The third-order valence-electron chi connectivity index (χ3n) is 5.14. The Hall–Kier alpha value is 0. The molecule has 0 aliphatic rings. The molecule has 133 valence electrons. The molecule has 1 atom stereocenters. The molecule has 0 aromatic carbocycles. The van der Waals surface area contributed by atoms with Crippen LogP contribution in [0, 0.1) is 12.8 Å². The van der Waals surface area contributed by atoms with Gasteiger partial charge in [-0.05, 0) is 5.92 Å². The standard InChI is InChI=1S/C22H45/c1-4-6-7-8-9-10-11-12-13-14-15-16-17-18-19-20-21-22(3)5-2/h22H,1,4-21H2,2-3H3. The summed E-state index contributed by atoms with van der Waals surface area (Å²) in [5.74, 6) is 0.948. The Kier molecular flexibility index (Phi) is 19.0. The summed E-state index contributed by atoms with van der Waals surface area (Å²) >= 11 is 0. The zero-order chi connectivity index (χ0) is 16.3. The smallest absolute Gasteiger partial charge is 0.0445 e. The van der Waals surface area contributed by atoms with E-state index in [2.05, 4.69) is 20.8 Å². The molecule has 0 saturated heterocycles. The van der Waals surface area contributed by atoms with E-state index in [0.29, 0.717) is 0 Å². The summed E-state index contributed by atoms with van der Waals surface area (Å²) in [5, 5.41) is 0. The zero-order valence-corrected chi connectivity index (χ0v) is 16.0. The maximum absolute atomic E-state index is 3.90. The van der Waals surface area contributed by atoms with Crippen molar-refractivity contribution in [2.24, 2.45) is 5.92 Å². The highest BCUT2D eigenvalue weighted by atomic mass is 14.0. The molecule has 1 radical (unpaired) electrons. The molecule has 0 aromatic heterocycles. The van der Waals surface area contributed by atoms with Gasteiger partial charge < -0.3 is 0 Å². The minimum absolute atomic E-state index is 0.948. The fourth-order valence-corrected chi connectivity index (χ4v) is 3.17. The fourth-order valence-electron chi connectivity index (χ4n) is 3.17. The Morgan fingerprint density at radius 2 is 0.864 bits per heavy atom. The second-order valence-electron chi connectivity index (χ2n) is 7.46. The Morgan fingerprint density at radius 1 is 0.545 bits per heavy atom. The van der Waals surface area contributed by atoms with E-state index in [9.17, 15) is 0 Å². The molecule has 1 unspecified atom stereocenters. The number of hydrogen-bond acceptors (Lipinski definition) is 0. The molecule has 0 aliphatic heterocycles. The lowest BCUT2D eigenvalue weighted by Gasteiger charge is -2.07. The van der Waals surface area contributed by atoms with Gasteiger partial charge in [0.05, 0.1) is 0 Å². The molecule has 0 spiro atoms. The Balaban J connectivity index is 2.97. The van der Waals surface area contributed by atoms with E-state index < -0.39 is 0 Å². The summed E-state index contributed by atoms with van der Waals surface area (Å²) in [5.41, 5.74) is 0. The van der Waals surface area contributed by atoms with E-state index in [4.69, 9.17) is 0 Å². The first kappa shape index (κ1) is 22.0. The van der Waals surface area contributed by atoms with Crippen molar-refractivity contribution in [3.63, 3.8) is 0 Å². The third-order valence-corrected chi connectivity index (χ3v) is 5.14. The molecular weight excluding hydrogens is 264 g/mol. The third kappa shape index (κ3) is 18.1. The van der Waals surface area contributed by atoms with Crippen LogP contribution in [0.3, 0.4) is 0 Å². The molecule has 0 rings (SSSR count). The average molecular weight is 310 g/mol. The lowest BCUT2D eigenvalue weighted by Crippen LogP contribution is -1.91. The van der Waals surface area contributed by atoms with E-state index in [0.717, 1.165) is 12.3 Å². The summed E-state index contributed by atoms with van der Waals surface area (Å²) in [7, 11) is 0. The van der Waals surface area contributed by atoms with Gasteiger partial charge in [0, 0.05) is 0 Å². The van der Waals surface area contributed by atoms with E-state index in [1.54, 1.807) is 0 Å². The number of hydrogen-bond donors (Lipinski definition) is 0. The van der Waals surface area contributed by atoms with Crippen molar-refractivity contribution in [1.29, 1.82) is 0 Å². The number of rotatable bonds is 18. The number of unbranched alkanes of at least 4 members (excludes halogenated alkanes) is 15. The summed E-state index contributed by atoms with van der Waals surface area (Å²) in [6, 6.07) is 0. The normalized spacial score (nSPS) is 12.7. The molecule has 0 nitrogen and oxygen atoms in total. The molecular formula is C22H45. The molecule has 0 N–H and O–H groups in total. The van der Waals surface area contributed by atoms with Crippen molar-refractivity contribution in [2.45, 2.75) is 129 Å². The lowest BCUT2D eigenvalue weighted by atomic mass is 9.99. The molecule has 0 fully saturated rings. The van der Waals surface area contributed by atoms with E-state index >= 15 is 0 Å². The quantitative estimate of drug-likeness (QED) is 0.223. The van der Waals surface area contributed by atoms with E-state index in [1.165, 1.54) is 109 Å². The topological polar surface area (TPSA) is 0 Å². The van der Waals surface area contributed by atoms with Crippen LogP contribution in [0.1, 0.15) is 129 Å². The van der Waals surface area contributed by atoms with Gasteiger partial charge in [-0.15, -0.1) is 0 Å². The summed E-state index contributed by atoms with van der Waals surface area (Å²) < 4.78 is 0. The van der Waals surface area contributed by atoms with Crippen LogP contribution in [-0.4, -0.2) is 0 Å². The molecule has 0 heteroatoms. The van der Waals surface area contributed by atoms with Crippen LogP contribution in [-0.2, 0) is 0 Å². The van der Waals surface area contributed by atoms with Gasteiger partial charge in [-0.3, -0.25) is 0 Å². The van der Waals surface area contributed by atoms with E-state index in [1.807, 2.05) is 0 Å². The SMILES string of the molecule is [CH2]CCCCCCCCCCCCCCCCCC(C)CC. The molecule has 0 aliphatic carbocycles. The molecule has 0 aromatic rings. The van der Waals surface area contributed by atoms with Gasteiger partial charge in [0.1, 0.15) is 0 Å². The molecule has 0 bridgehead atoms. The Bertz CT molecular complexity index is 184. The van der Waals surface area contributed by atoms with Crippen LogP contribution in [0.4, 0.5) is 0 Å². The first-order valence-electron chi connectivity index (χ1n) is 10.6. The monoisotopic (exact) mass is 309 g/mol. The van der Waals surface area contributed by atoms with Gasteiger partial charge in [-0.1, -0.05) is 136 Å². The van der Waals surface area contributed by atoms with Gasteiger partial charge in [0.15, 0.2) is 0 Å². The fraction of sp³-hybridized carbons (Fsp3) is 0.955. The van der Waals surface area contributed by atoms with Crippen LogP contribution in [0.25, 0.3) is 0 Å². The van der Waals surface area contributed by atoms with Crippen molar-refractivity contribution in [3.8, 4) is 0 Å². The molecule has 0 saturated carbocycles. The summed E-state index contributed by atoms with van der Waals surface area (Å²) in [4.78, 5) is 0. The minimum Gasteiger partial charge on any atom is -0.0651 e. The molecule has 22 heavy (non-hydrogen) atoms. The van der Waals surface area contributed by atoms with Crippen LogP contribution < -0.4 is 0 Å². The van der Waals surface area contributed by atoms with Crippen molar-refractivity contribution in [3.05, 3.63) is 6.92 Å². The van der Waals surface area contributed by atoms with Crippen LogP contribution in [0.5, 0.6) is 0 Å². The maximum atomic E-state index is 3.90. The van der Waals surface area contributed by atoms with Gasteiger partial charge in [-0.2, -0.15) is 0 Å². The summed E-state index contributed by atoms with van der Waals surface area (Å²) in [6.45, 7) is 8.61. The van der Waals surface area contributed by atoms with Crippen molar-refractivity contribution in [1.82, 2.24) is 0 Å². The van der Waals surface area contributed by atoms with Crippen LogP contribution >= 0.6 is 0 Å². The average Bonchev–Trinajstić information content (AvgIpc) is 2.54. The Labute approximate surface area is 142 Å². The lowest BCUT2D eigenvalue weighted by molar-refractivity contribution is 0.468. The van der Waals surface area contributed by atoms with Crippen molar-refractivity contribution in [2.75, 3.05) is 0 Å². The zero-order valence-electron chi connectivity index (χ0n) is 16.0. The van der Waals surface area contributed by atoms with Crippen LogP contribution in [0.2, 0.25) is 0 Å². The highest BCUT2D eigenvalue weighted by molar-refractivity contribution is 4.53. The second-order valence-corrected chi connectivity index (χ2v) is 7.46. The predicted octanol–water partition coefficient (Wildman–Crippen LogP) is 8.50. The maximum Gasteiger partial charge on any atom is -0.0445 e.